The summed E-state index contributed by atoms with van der Waals surface area (Å²) in [4.78, 5) is 11.7. The fourth-order valence-corrected chi connectivity index (χ4v) is 1.65. The zero-order valence-corrected chi connectivity index (χ0v) is 10.2. The Morgan fingerprint density at radius 3 is 2.67 bits per heavy atom. The minimum Gasteiger partial charge on any atom is -0.294 e. The van der Waals surface area contributed by atoms with Crippen LogP contribution in [0.4, 0.5) is 0 Å². The lowest BCUT2D eigenvalue weighted by atomic mass is 10.0. The molecule has 0 heterocycles. The summed E-state index contributed by atoms with van der Waals surface area (Å²) >= 11 is 11.4. The number of alkyl halides is 1. The predicted molar refractivity (Wildman–Crippen MR) is 65.1 cm³/mol. The topological polar surface area (TPSA) is 17.1 Å². The van der Waals surface area contributed by atoms with E-state index in [0.717, 1.165) is 24.0 Å². The largest absolute Gasteiger partial charge is 0.294 e. The molecule has 0 saturated heterocycles. The van der Waals surface area contributed by atoms with Gasteiger partial charge in [-0.3, -0.25) is 4.79 Å². The lowest BCUT2D eigenvalue weighted by molar-refractivity contribution is 0.0980. The lowest BCUT2D eigenvalue weighted by Crippen LogP contribution is -1.99. The second-order valence-corrected chi connectivity index (χ2v) is 4.32. The Morgan fingerprint density at radius 2 is 2.07 bits per heavy atom. The molecule has 3 heteroatoms. The Balaban J connectivity index is 2.62. The SMILES string of the molecule is Cc1cc(C(=O)CCCCCl)ccc1Cl. The first-order valence-electron chi connectivity index (χ1n) is 5.00. The molecule has 0 radical (unpaired) electrons. The molecule has 0 aliphatic heterocycles. The van der Waals surface area contributed by atoms with Gasteiger partial charge in [0.2, 0.25) is 0 Å². The molecular formula is C12H14Cl2O. The summed E-state index contributed by atoms with van der Waals surface area (Å²) in [6.45, 7) is 1.90. The quantitative estimate of drug-likeness (QED) is 0.430. The first-order valence-corrected chi connectivity index (χ1v) is 5.91. The summed E-state index contributed by atoms with van der Waals surface area (Å²) in [6, 6.07) is 5.38. The Labute approximate surface area is 100 Å². The predicted octanol–water partition coefficient (Wildman–Crippen LogP) is 4.24. The number of hydrogen-bond donors (Lipinski definition) is 0. The first-order chi connectivity index (χ1) is 7.15. The summed E-state index contributed by atoms with van der Waals surface area (Å²) in [5.41, 5.74) is 1.69. The Morgan fingerprint density at radius 1 is 1.33 bits per heavy atom. The highest BCUT2D eigenvalue weighted by Gasteiger charge is 2.06. The van der Waals surface area contributed by atoms with Gasteiger partial charge in [-0.15, -0.1) is 11.6 Å². The minimum absolute atomic E-state index is 0.167. The van der Waals surface area contributed by atoms with Crippen molar-refractivity contribution in [2.45, 2.75) is 26.2 Å². The van der Waals surface area contributed by atoms with Crippen LogP contribution in [-0.4, -0.2) is 11.7 Å². The average molecular weight is 245 g/mol. The van der Waals surface area contributed by atoms with Crippen LogP contribution >= 0.6 is 23.2 Å². The van der Waals surface area contributed by atoms with Gasteiger partial charge in [-0.1, -0.05) is 11.6 Å². The van der Waals surface area contributed by atoms with Crippen LogP contribution in [0.1, 0.15) is 35.2 Å². The molecule has 0 spiro atoms. The maximum absolute atomic E-state index is 11.7. The van der Waals surface area contributed by atoms with Crippen LogP contribution in [0.25, 0.3) is 0 Å². The normalized spacial score (nSPS) is 10.3. The second kappa shape index (κ2) is 6.14. The molecular weight excluding hydrogens is 231 g/mol. The standard InChI is InChI=1S/C12H14Cl2O/c1-9-8-10(5-6-11(9)14)12(15)4-2-3-7-13/h5-6,8H,2-4,7H2,1H3. The summed E-state index contributed by atoms with van der Waals surface area (Å²) in [6.07, 6.45) is 2.30. The van der Waals surface area contributed by atoms with Crippen LogP contribution in [0.15, 0.2) is 18.2 Å². The van der Waals surface area contributed by atoms with Gasteiger partial charge in [0.05, 0.1) is 0 Å². The van der Waals surface area contributed by atoms with E-state index < -0.39 is 0 Å². The first kappa shape index (κ1) is 12.5. The van der Waals surface area contributed by atoms with E-state index in [0.29, 0.717) is 17.3 Å². The molecule has 0 aliphatic carbocycles. The van der Waals surface area contributed by atoms with Crippen molar-refractivity contribution in [2.75, 3.05) is 5.88 Å². The Kier molecular flexibility index (Phi) is 5.13. The van der Waals surface area contributed by atoms with Crippen molar-refractivity contribution >= 4 is 29.0 Å². The molecule has 1 rings (SSSR count). The highest BCUT2D eigenvalue weighted by atomic mass is 35.5. The number of benzene rings is 1. The molecule has 0 unspecified atom stereocenters. The highest BCUT2D eigenvalue weighted by molar-refractivity contribution is 6.31. The van der Waals surface area contributed by atoms with Crippen molar-refractivity contribution in [1.82, 2.24) is 0 Å². The maximum atomic E-state index is 11.7. The van der Waals surface area contributed by atoms with E-state index >= 15 is 0 Å². The fraction of sp³-hybridized carbons (Fsp3) is 0.417. The van der Waals surface area contributed by atoms with Crippen LogP contribution in [0.3, 0.4) is 0 Å². The van der Waals surface area contributed by atoms with Crippen molar-refractivity contribution in [3.8, 4) is 0 Å². The Bertz CT molecular complexity index is 347. The van der Waals surface area contributed by atoms with Crippen molar-refractivity contribution < 1.29 is 4.79 Å². The molecule has 1 aromatic rings. The molecule has 0 aromatic heterocycles. The van der Waals surface area contributed by atoms with Gasteiger partial charge in [-0.2, -0.15) is 0 Å². The number of aryl methyl sites for hydroxylation is 1. The number of halogens is 2. The van der Waals surface area contributed by atoms with E-state index in [1.54, 1.807) is 12.1 Å². The van der Waals surface area contributed by atoms with Crippen molar-refractivity contribution in [3.05, 3.63) is 34.3 Å². The summed E-state index contributed by atoms with van der Waals surface area (Å²) in [7, 11) is 0. The minimum atomic E-state index is 0.167. The van der Waals surface area contributed by atoms with Gasteiger partial charge in [0.25, 0.3) is 0 Å². The van der Waals surface area contributed by atoms with Crippen molar-refractivity contribution in [3.63, 3.8) is 0 Å². The zero-order chi connectivity index (χ0) is 11.3. The van der Waals surface area contributed by atoms with Crippen molar-refractivity contribution in [2.24, 2.45) is 0 Å². The third-order valence-corrected chi connectivity index (χ3v) is 2.96. The van der Waals surface area contributed by atoms with Gasteiger partial charge in [-0.05, 0) is 43.5 Å². The average Bonchev–Trinajstić information content (AvgIpc) is 2.22. The number of carbonyl (C=O) groups is 1. The number of hydrogen-bond acceptors (Lipinski definition) is 1. The molecule has 0 fully saturated rings. The number of Topliss-reactive ketones (excluding diaryl/α,β-unsaturated/α-hetero) is 1. The van der Waals surface area contributed by atoms with E-state index in [1.807, 2.05) is 13.0 Å². The van der Waals surface area contributed by atoms with E-state index in [2.05, 4.69) is 0 Å². The molecule has 1 nitrogen and oxygen atoms in total. The lowest BCUT2D eigenvalue weighted by Gasteiger charge is -2.03. The third-order valence-electron chi connectivity index (χ3n) is 2.27. The van der Waals surface area contributed by atoms with Gasteiger partial charge in [0.1, 0.15) is 0 Å². The highest BCUT2D eigenvalue weighted by Crippen LogP contribution is 2.17. The molecule has 0 atom stereocenters. The van der Waals surface area contributed by atoms with E-state index in [-0.39, 0.29) is 5.78 Å². The smallest absolute Gasteiger partial charge is 0.162 e. The summed E-state index contributed by atoms with van der Waals surface area (Å²) in [5, 5.41) is 0.701. The van der Waals surface area contributed by atoms with Crippen LogP contribution in [0.5, 0.6) is 0 Å². The van der Waals surface area contributed by atoms with E-state index in [1.165, 1.54) is 0 Å². The van der Waals surface area contributed by atoms with Crippen LogP contribution in [0, 0.1) is 6.92 Å². The van der Waals surface area contributed by atoms with Gasteiger partial charge >= 0.3 is 0 Å². The zero-order valence-electron chi connectivity index (χ0n) is 8.72. The van der Waals surface area contributed by atoms with E-state index in [9.17, 15) is 4.79 Å². The molecule has 1 aromatic carbocycles. The van der Waals surface area contributed by atoms with Gasteiger partial charge in [0, 0.05) is 22.9 Å². The van der Waals surface area contributed by atoms with E-state index in [4.69, 9.17) is 23.2 Å². The summed E-state index contributed by atoms with van der Waals surface area (Å²) < 4.78 is 0. The molecule has 0 N–H and O–H groups in total. The van der Waals surface area contributed by atoms with Gasteiger partial charge in [-0.25, -0.2) is 0 Å². The number of carbonyl (C=O) groups excluding carboxylic acids is 1. The van der Waals surface area contributed by atoms with Crippen molar-refractivity contribution in [1.29, 1.82) is 0 Å². The third kappa shape index (κ3) is 3.84. The summed E-state index contributed by atoms with van der Waals surface area (Å²) in [5.74, 6) is 0.785. The number of rotatable bonds is 5. The van der Waals surface area contributed by atoms with Gasteiger partial charge < -0.3 is 0 Å². The monoisotopic (exact) mass is 244 g/mol. The second-order valence-electron chi connectivity index (χ2n) is 3.53. The van der Waals surface area contributed by atoms with Gasteiger partial charge in [0.15, 0.2) is 5.78 Å². The molecule has 0 saturated carbocycles. The fourth-order valence-electron chi connectivity index (χ4n) is 1.34. The number of ketones is 1. The van der Waals surface area contributed by atoms with Crippen LogP contribution < -0.4 is 0 Å². The molecule has 82 valence electrons. The number of unbranched alkanes of at least 4 members (excludes halogenated alkanes) is 1. The van der Waals surface area contributed by atoms with Crippen LogP contribution in [-0.2, 0) is 0 Å². The maximum Gasteiger partial charge on any atom is 0.162 e. The molecule has 0 bridgehead atoms. The Hall–Kier alpha value is -0.530. The molecule has 15 heavy (non-hydrogen) atoms. The van der Waals surface area contributed by atoms with Crippen LogP contribution in [0.2, 0.25) is 5.02 Å². The molecule has 0 aliphatic rings. The molecule has 0 amide bonds.